The third-order valence-corrected chi connectivity index (χ3v) is 3.89. The van der Waals surface area contributed by atoms with Crippen LogP contribution >= 0.6 is 0 Å². The molecule has 20 heavy (non-hydrogen) atoms. The van der Waals surface area contributed by atoms with E-state index in [1.165, 1.54) is 30.3 Å². The lowest BCUT2D eigenvalue weighted by Crippen LogP contribution is -2.04. The molecule has 0 spiro atoms. The second-order valence-electron chi connectivity index (χ2n) is 4.48. The van der Waals surface area contributed by atoms with Crippen molar-refractivity contribution in [2.24, 2.45) is 0 Å². The van der Waals surface area contributed by atoms with Gasteiger partial charge in [0.1, 0.15) is 0 Å². The molecule has 0 fully saturated rings. The van der Waals surface area contributed by atoms with E-state index in [0.717, 1.165) is 11.8 Å². The van der Waals surface area contributed by atoms with E-state index in [0.29, 0.717) is 0 Å². The second-order valence-corrected chi connectivity index (χ2v) is 6.46. The van der Waals surface area contributed by atoms with Gasteiger partial charge in [0, 0.05) is 6.26 Å². The summed E-state index contributed by atoms with van der Waals surface area (Å²) in [5, 5.41) is 0. The average molecular weight is 295 g/mol. The van der Waals surface area contributed by atoms with Gasteiger partial charge in [-0.3, -0.25) is 0 Å². The fourth-order valence-electron chi connectivity index (χ4n) is 1.74. The maximum atomic E-state index is 13.6. The number of para-hydroxylation sites is 1. The number of nitrogens with two attached hydrogens (primary N) is 1. The Kier molecular flexibility index (Phi) is 3.67. The summed E-state index contributed by atoms with van der Waals surface area (Å²) >= 11 is 0. The van der Waals surface area contributed by atoms with Gasteiger partial charge < -0.3 is 10.5 Å². The molecule has 2 aromatic rings. The molecule has 0 unspecified atom stereocenters. The number of rotatable bonds is 3. The van der Waals surface area contributed by atoms with Crippen molar-refractivity contribution < 1.29 is 17.5 Å². The van der Waals surface area contributed by atoms with Crippen molar-refractivity contribution in [2.75, 3.05) is 12.0 Å². The fraction of sp³-hybridized carbons (Fsp3) is 0.143. The zero-order valence-corrected chi connectivity index (χ0v) is 11.9. The summed E-state index contributed by atoms with van der Waals surface area (Å²) in [6.45, 7) is 1.79. The largest absolute Gasteiger partial charge is 0.452 e. The summed E-state index contributed by atoms with van der Waals surface area (Å²) in [6, 6.07) is 8.77. The molecule has 6 heteroatoms. The molecular formula is C14H14FNO3S. The van der Waals surface area contributed by atoms with Crippen LogP contribution in [0.4, 0.5) is 10.1 Å². The Morgan fingerprint density at radius 1 is 1.15 bits per heavy atom. The highest BCUT2D eigenvalue weighted by molar-refractivity contribution is 7.90. The van der Waals surface area contributed by atoms with Gasteiger partial charge in [0.05, 0.1) is 10.6 Å². The minimum absolute atomic E-state index is 0.00218. The molecule has 0 aliphatic rings. The first-order chi connectivity index (χ1) is 9.29. The van der Waals surface area contributed by atoms with Crippen molar-refractivity contribution in [3.05, 3.63) is 47.8 Å². The normalized spacial score (nSPS) is 11.3. The number of ether oxygens (including phenoxy) is 1. The predicted molar refractivity (Wildman–Crippen MR) is 75.2 cm³/mol. The van der Waals surface area contributed by atoms with Crippen LogP contribution in [0.5, 0.6) is 11.5 Å². The quantitative estimate of drug-likeness (QED) is 0.884. The highest BCUT2D eigenvalue weighted by Gasteiger charge is 2.16. The van der Waals surface area contributed by atoms with Crippen LogP contribution < -0.4 is 10.5 Å². The number of hydrogen-bond donors (Lipinski definition) is 1. The lowest BCUT2D eigenvalue weighted by atomic mass is 10.2. The van der Waals surface area contributed by atoms with Gasteiger partial charge in [-0.2, -0.15) is 0 Å². The van der Waals surface area contributed by atoms with Gasteiger partial charge in [-0.1, -0.05) is 12.1 Å². The number of halogens is 1. The number of sulfone groups is 1. The summed E-state index contributed by atoms with van der Waals surface area (Å²) in [5.41, 5.74) is 6.57. The number of hydrogen-bond acceptors (Lipinski definition) is 4. The van der Waals surface area contributed by atoms with Crippen molar-refractivity contribution in [1.82, 2.24) is 0 Å². The monoisotopic (exact) mass is 295 g/mol. The van der Waals surface area contributed by atoms with Crippen LogP contribution in [0.2, 0.25) is 0 Å². The van der Waals surface area contributed by atoms with Gasteiger partial charge in [-0.25, -0.2) is 12.8 Å². The lowest BCUT2D eigenvalue weighted by Gasteiger charge is -2.12. The Labute approximate surface area is 116 Å². The van der Waals surface area contributed by atoms with Gasteiger partial charge in [-0.15, -0.1) is 0 Å². The molecule has 4 nitrogen and oxygen atoms in total. The van der Waals surface area contributed by atoms with Crippen molar-refractivity contribution in [2.45, 2.75) is 11.8 Å². The number of nitrogen functional groups attached to an aromatic ring is 1. The molecule has 0 amide bonds. The smallest absolute Gasteiger partial charge is 0.177 e. The van der Waals surface area contributed by atoms with Crippen molar-refractivity contribution in [1.29, 1.82) is 0 Å². The predicted octanol–water partition coefficient (Wildman–Crippen LogP) is 2.91. The second kappa shape index (κ2) is 5.13. The third kappa shape index (κ3) is 2.91. The Bertz CT molecular complexity index is 757. The molecule has 0 radical (unpaired) electrons. The average Bonchev–Trinajstić information content (AvgIpc) is 2.35. The molecule has 0 aliphatic heterocycles. The van der Waals surface area contributed by atoms with Crippen LogP contribution in [0.15, 0.2) is 41.3 Å². The van der Waals surface area contributed by atoms with Crippen LogP contribution in [0.25, 0.3) is 0 Å². The van der Waals surface area contributed by atoms with E-state index in [1.54, 1.807) is 13.0 Å². The zero-order valence-electron chi connectivity index (χ0n) is 11.1. The Balaban J connectivity index is 2.47. The van der Waals surface area contributed by atoms with E-state index in [1.807, 2.05) is 0 Å². The summed E-state index contributed by atoms with van der Waals surface area (Å²) in [5.74, 6) is -0.431. The molecule has 0 saturated carbocycles. The molecule has 0 aliphatic carbocycles. The molecular weight excluding hydrogens is 281 g/mol. The van der Waals surface area contributed by atoms with E-state index >= 15 is 0 Å². The minimum Gasteiger partial charge on any atom is -0.452 e. The highest BCUT2D eigenvalue weighted by Crippen LogP contribution is 2.33. The van der Waals surface area contributed by atoms with Crippen molar-refractivity contribution in [3.8, 4) is 11.5 Å². The SMILES string of the molecule is Cc1ccc(F)c(Oc2cccc(S(C)(=O)=O)c2N)c1. The van der Waals surface area contributed by atoms with E-state index in [9.17, 15) is 12.8 Å². The Hall–Kier alpha value is -2.08. The third-order valence-electron chi connectivity index (χ3n) is 2.73. The van der Waals surface area contributed by atoms with E-state index in [4.69, 9.17) is 10.5 Å². The molecule has 106 valence electrons. The van der Waals surface area contributed by atoms with Crippen LogP contribution in [0.3, 0.4) is 0 Å². The summed E-state index contributed by atoms with van der Waals surface area (Å²) in [4.78, 5) is -0.0388. The molecule has 0 saturated heterocycles. The summed E-state index contributed by atoms with van der Waals surface area (Å²) in [7, 11) is -3.47. The Morgan fingerprint density at radius 2 is 1.85 bits per heavy atom. The van der Waals surface area contributed by atoms with E-state index < -0.39 is 15.7 Å². The summed E-state index contributed by atoms with van der Waals surface area (Å²) in [6.07, 6.45) is 1.05. The molecule has 0 atom stereocenters. The minimum atomic E-state index is -3.47. The molecule has 0 aromatic heterocycles. The molecule has 2 rings (SSSR count). The van der Waals surface area contributed by atoms with E-state index in [2.05, 4.69) is 0 Å². The maximum Gasteiger partial charge on any atom is 0.177 e. The molecule has 2 N–H and O–H groups in total. The van der Waals surface area contributed by atoms with Crippen LogP contribution in [-0.4, -0.2) is 14.7 Å². The highest BCUT2D eigenvalue weighted by atomic mass is 32.2. The number of anilines is 1. The lowest BCUT2D eigenvalue weighted by molar-refractivity contribution is 0.442. The number of aryl methyl sites for hydroxylation is 1. The van der Waals surface area contributed by atoms with Crippen LogP contribution in [0, 0.1) is 12.7 Å². The van der Waals surface area contributed by atoms with Gasteiger partial charge in [0.15, 0.2) is 27.2 Å². The van der Waals surface area contributed by atoms with Gasteiger partial charge in [0.25, 0.3) is 0 Å². The Morgan fingerprint density at radius 3 is 2.50 bits per heavy atom. The maximum absolute atomic E-state index is 13.6. The first-order valence-corrected chi connectivity index (χ1v) is 7.71. The van der Waals surface area contributed by atoms with Crippen LogP contribution in [-0.2, 0) is 9.84 Å². The molecule has 0 bridgehead atoms. The van der Waals surface area contributed by atoms with Gasteiger partial charge in [0.2, 0.25) is 0 Å². The molecule has 0 heterocycles. The molecule has 2 aromatic carbocycles. The standard InChI is InChI=1S/C14H14FNO3S/c1-9-6-7-10(15)12(8-9)19-11-4-3-5-13(14(11)16)20(2,17)18/h3-8H,16H2,1-2H3. The van der Waals surface area contributed by atoms with Crippen LogP contribution in [0.1, 0.15) is 5.56 Å². The van der Waals surface area contributed by atoms with E-state index in [-0.39, 0.29) is 22.1 Å². The fourth-order valence-corrected chi connectivity index (χ4v) is 2.57. The van der Waals surface area contributed by atoms with Crippen molar-refractivity contribution >= 4 is 15.5 Å². The number of benzene rings is 2. The van der Waals surface area contributed by atoms with Gasteiger partial charge in [-0.05, 0) is 36.8 Å². The zero-order chi connectivity index (χ0) is 14.9. The first kappa shape index (κ1) is 14.3. The first-order valence-electron chi connectivity index (χ1n) is 5.81. The summed E-state index contributed by atoms with van der Waals surface area (Å²) < 4.78 is 42.2. The topological polar surface area (TPSA) is 69.4 Å². The van der Waals surface area contributed by atoms with Gasteiger partial charge >= 0.3 is 0 Å². The van der Waals surface area contributed by atoms with Crippen molar-refractivity contribution in [3.63, 3.8) is 0 Å².